The van der Waals surface area contributed by atoms with Crippen molar-refractivity contribution in [3.63, 3.8) is 0 Å². The lowest BCUT2D eigenvalue weighted by atomic mass is 10.0. The van der Waals surface area contributed by atoms with Crippen LogP contribution in [0.25, 0.3) is 75.8 Å². The summed E-state index contributed by atoms with van der Waals surface area (Å²) in [6.45, 7) is 0. The highest BCUT2D eigenvalue weighted by Crippen LogP contribution is 2.44. The van der Waals surface area contributed by atoms with E-state index in [-0.39, 0.29) is 0 Å². The number of para-hydroxylation sites is 2. The van der Waals surface area contributed by atoms with Gasteiger partial charge in [0.2, 0.25) is 0 Å². The topological polar surface area (TPSA) is 42.4 Å². The normalized spacial score (nSPS) is 11.8. The lowest BCUT2D eigenvalue weighted by Crippen LogP contribution is -2.10. The average Bonchev–Trinajstić information content (AvgIpc) is 3.86. The molecule has 226 valence electrons. The number of hydrogen-bond donors (Lipinski definition) is 0. The Morgan fingerprint density at radius 3 is 1.94 bits per heavy atom. The van der Waals surface area contributed by atoms with Crippen LogP contribution >= 0.6 is 11.3 Å². The van der Waals surface area contributed by atoms with Crippen molar-refractivity contribution in [1.29, 1.82) is 0 Å². The van der Waals surface area contributed by atoms with E-state index in [2.05, 4.69) is 132 Å². The molecule has 0 N–H and O–H groups in total. The van der Waals surface area contributed by atoms with Gasteiger partial charge in [0.1, 0.15) is 27.3 Å². The molecule has 3 aromatic heterocycles. The van der Waals surface area contributed by atoms with Crippen LogP contribution in [0, 0.1) is 0 Å². The van der Waals surface area contributed by atoms with Gasteiger partial charge in [0, 0.05) is 33.1 Å². The number of nitrogens with zero attached hydrogens (tertiary/aromatic N) is 2. The third kappa shape index (κ3) is 4.25. The van der Waals surface area contributed by atoms with Crippen LogP contribution in [0.15, 0.2) is 167 Å². The number of aromatic nitrogens is 1. The van der Waals surface area contributed by atoms with Crippen molar-refractivity contribution in [2.45, 2.75) is 0 Å². The molecule has 0 aliphatic rings. The predicted molar refractivity (Wildman–Crippen MR) is 200 cm³/mol. The standard InChI is InChI=1S/C43H26N2O2S/c1-3-10-28(11-4-1)43-44-34-23-25-39-41(42(34)48-43)33-26-29(20-24-37(33)47-39)27-18-21-31(22-19-27)45(30-12-5-2-6-13-30)35-15-9-17-38-40(35)32-14-7-8-16-36(32)46-38/h1-26H. The Morgan fingerprint density at radius 1 is 0.458 bits per heavy atom. The summed E-state index contributed by atoms with van der Waals surface area (Å²) in [5, 5.41) is 5.44. The molecule has 0 fully saturated rings. The summed E-state index contributed by atoms with van der Waals surface area (Å²) in [5.41, 5.74) is 11.1. The molecule has 4 nitrogen and oxygen atoms in total. The molecule has 10 aromatic rings. The molecular weight excluding hydrogens is 609 g/mol. The molecule has 0 unspecified atom stereocenters. The maximum Gasteiger partial charge on any atom is 0.137 e. The van der Waals surface area contributed by atoms with Crippen LogP contribution in [-0.4, -0.2) is 4.98 Å². The Kier molecular flexibility index (Phi) is 6.01. The minimum absolute atomic E-state index is 0.873. The summed E-state index contributed by atoms with van der Waals surface area (Å²) in [6.07, 6.45) is 0. The summed E-state index contributed by atoms with van der Waals surface area (Å²) >= 11 is 1.72. The molecule has 0 amide bonds. The second-order valence-corrected chi connectivity index (χ2v) is 13.0. The lowest BCUT2D eigenvalue weighted by molar-refractivity contribution is 0.668. The van der Waals surface area contributed by atoms with Gasteiger partial charge in [-0.3, -0.25) is 0 Å². The number of anilines is 3. The third-order valence-electron chi connectivity index (χ3n) is 9.10. The van der Waals surface area contributed by atoms with Crippen molar-refractivity contribution < 1.29 is 8.83 Å². The fraction of sp³-hybridized carbons (Fsp3) is 0. The summed E-state index contributed by atoms with van der Waals surface area (Å²) in [4.78, 5) is 7.29. The van der Waals surface area contributed by atoms with Gasteiger partial charge in [0.25, 0.3) is 0 Å². The minimum atomic E-state index is 0.873. The minimum Gasteiger partial charge on any atom is -0.456 e. The molecule has 0 radical (unpaired) electrons. The molecule has 0 bridgehead atoms. The molecule has 3 heterocycles. The number of benzene rings is 7. The maximum absolute atomic E-state index is 6.34. The Bertz CT molecular complexity index is 2780. The van der Waals surface area contributed by atoms with E-state index < -0.39 is 0 Å². The fourth-order valence-corrected chi connectivity index (χ4v) is 8.00. The highest BCUT2D eigenvalue weighted by Gasteiger charge is 2.20. The van der Waals surface area contributed by atoms with Crippen molar-refractivity contribution in [2.75, 3.05) is 4.90 Å². The quantitative estimate of drug-likeness (QED) is 0.189. The Morgan fingerprint density at radius 2 is 1.10 bits per heavy atom. The first kappa shape index (κ1) is 27.0. The van der Waals surface area contributed by atoms with E-state index in [9.17, 15) is 0 Å². The van der Waals surface area contributed by atoms with Gasteiger partial charge in [-0.1, -0.05) is 91.0 Å². The number of furan rings is 2. The zero-order valence-corrected chi connectivity index (χ0v) is 26.4. The van der Waals surface area contributed by atoms with Crippen LogP contribution in [0.3, 0.4) is 0 Å². The van der Waals surface area contributed by atoms with Crippen molar-refractivity contribution in [2.24, 2.45) is 0 Å². The van der Waals surface area contributed by atoms with E-state index >= 15 is 0 Å². The van der Waals surface area contributed by atoms with E-state index in [1.807, 2.05) is 30.3 Å². The van der Waals surface area contributed by atoms with E-state index in [0.29, 0.717) is 0 Å². The lowest BCUT2D eigenvalue weighted by Gasteiger charge is -2.26. The number of thiazole rings is 1. The molecule has 7 aromatic carbocycles. The molecule has 10 rings (SSSR count). The maximum atomic E-state index is 6.34. The van der Waals surface area contributed by atoms with Crippen LogP contribution < -0.4 is 4.90 Å². The average molecular weight is 635 g/mol. The van der Waals surface area contributed by atoms with Gasteiger partial charge in [-0.25, -0.2) is 4.98 Å². The largest absolute Gasteiger partial charge is 0.456 e. The van der Waals surface area contributed by atoms with Gasteiger partial charge in [-0.15, -0.1) is 11.3 Å². The van der Waals surface area contributed by atoms with E-state index in [1.54, 1.807) is 11.3 Å². The molecular formula is C43H26N2O2S. The van der Waals surface area contributed by atoms with E-state index in [1.165, 1.54) is 0 Å². The third-order valence-corrected chi connectivity index (χ3v) is 10.2. The monoisotopic (exact) mass is 634 g/mol. The van der Waals surface area contributed by atoms with Crippen LogP contribution in [0.4, 0.5) is 17.1 Å². The van der Waals surface area contributed by atoms with Gasteiger partial charge in [0.15, 0.2) is 0 Å². The highest BCUT2D eigenvalue weighted by molar-refractivity contribution is 7.22. The SMILES string of the molecule is c1ccc(-c2nc3ccc4oc5ccc(-c6ccc(N(c7ccccc7)c7cccc8oc9ccccc9c78)cc6)cc5c4c3s2)cc1. The fourth-order valence-electron chi connectivity index (χ4n) is 6.88. The molecule has 0 aliphatic heterocycles. The van der Waals surface area contributed by atoms with Gasteiger partial charge in [-0.2, -0.15) is 0 Å². The molecule has 48 heavy (non-hydrogen) atoms. The van der Waals surface area contributed by atoms with Crippen molar-refractivity contribution in [1.82, 2.24) is 4.98 Å². The first-order valence-corrected chi connectivity index (χ1v) is 16.8. The van der Waals surface area contributed by atoms with Crippen molar-refractivity contribution in [3.05, 3.63) is 158 Å². The highest BCUT2D eigenvalue weighted by atomic mass is 32.1. The molecule has 0 saturated heterocycles. The number of rotatable bonds is 5. The number of hydrogen-bond acceptors (Lipinski definition) is 5. The van der Waals surface area contributed by atoms with E-state index in [0.717, 1.165) is 92.9 Å². The second kappa shape index (κ2) is 10.7. The van der Waals surface area contributed by atoms with Crippen LogP contribution in [0.2, 0.25) is 0 Å². The molecule has 0 saturated carbocycles. The first-order chi connectivity index (χ1) is 23.8. The van der Waals surface area contributed by atoms with Crippen LogP contribution in [-0.2, 0) is 0 Å². The zero-order chi connectivity index (χ0) is 31.6. The Labute approximate surface area is 279 Å². The molecule has 5 heteroatoms. The zero-order valence-electron chi connectivity index (χ0n) is 25.6. The summed E-state index contributed by atoms with van der Waals surface area (Å²) in [6, 6.07) is 54.8. The van der Waals surface area contributed by atoms with Gasteiger partial charge < -0.3 is 13.7 Å². The second-order valence-electron chi connectivity index (χ2n) is 12.0. The molecule has 0 atom stereocenters. The first-order valence-electron chi connectivity index (χ1n) is 16.0. The molecule has 0 spiro atoms. The van der Waals surface area contributed by atoms with Gasteiger partial charge in [-0.05, 0) is 77.9 Å². The Hall–Kier alpha value is -6.17. The summed E-state index contributed by atoms with van der Waals surface area (Å²) in [7, 11) is 0. The predicted octanol–water partition coefficient (Wildman–Crippen LogP) is 12.9. The smallest absolute Gasteiger partial charge is 0.137 e. The van der Waals surface area contributed by atoms with Crippen molar-refractivity contribution >= 4 is 82.5 Å². The molecule has 0 aliphatic carbocycles. The van der Waals surface area contributed by atoms with Crippen molar-refractivity contribution in [3.8, 4) is 21.7 Å². The number of fused-ring (bicyclic) bond motifs is 8. The summed E-state index contributed by atoms with van der Waals surface area (Å²) < 4.78 is 13.8. The van der Waals surface area contributed by atoms with Gasteiger partial charge in [0.05, 0.1) is 21.3 Å². The van der Waals surface area contributed by atoms with E-state index in [4.69, 9.17) is 13.8 Å². The van der Waals surface area contributed by atoms with Crippen LogP contribution in [0.1, 0.15) is 0 Å². The van der Waals surface area contributed by atoms with Gasteiger partial charge >= 0.3 is 0 Å². The summed E-state index contributed by atoms with van der Waals surface area (Å²) in [5.74, 6) is 0. The van der Waals surface area contributed by atoms with Crippen LogP contribution in [0.5, 0.6) is 0 Å². The Balaban J connectivity index is 1.09.